The number of hydrogen-bond donors (Lipinski definition) is 1. The van der Waals surface area contributed by atoms with Crippen LogP contribution in [0.2, 0.25) is 0 Å². The lowest BCUT2D eigenvalue weighted by molar-refractivity contribution is -0.144. The molecule has 9 heteroatoms. The third kappa shape index (κ3) is 2.54. The smallest absolute Gasteiger partial charge is 0.312 e. The van der Waals surface area contributed by atoms with Crippen molar-refractivity contribution in [2.45, 2.75) is 29.5 Å². The summed E-state index contributed by atoms with van der Waals surface area (Å²) in [5.74, 6) is -4.62. The summed E-state index contributed by atoms with van der Waals surface area (Å²) in [4.78, 5) is -0.543. The average molecular weight is 361 g/mol. The van der Waals surface area contributed by atoms with Crippen LogP contribution in [-0.2, 0) is 9.84 Å². The molecular formula is C15H14F3NO4S. The van der Waals surface area contributed by atoms with Gasteiger partial charge in [-0.05, 0) is 18.6 Å². The maximum atomic E-state index is 14.2. The van der Waals surface area contributed by atoms with E-state index in [2.05, 4.69) is 0 Å². The number of rotatable bonds is 4. The van der Waals surface area contributed by atoms with Gasteiger partial charge in [0.05, 0.1) is 23.5 Å². The van der Waals surface area contributed by atoms with Crippen LogP contribution in [0.25, 0.3) is 0 Å². The Kier molecular flexibility index (Phi) is 3.81. The predicted octanol–water partition coefficient (Wildman–Crippen LogP) is 2.32. The Morgan fingerprint density at radius 1 is 1.42 bits per heavy atom. The maximum absolute atomic E-state index is 14.2. The first-order chi connectivity index (χ1) is 11.1. The van der Waals surface area contributed by atoms with Gasteiger partial charge in [-0.15, -0.1) is 0 Å². The second kappa shape index (κ2) is 5.36. The van der Waals surface area contributed by atoms with Crippen molar-refractivity contribution in [1.29, 1.82) is 5.26 Å². The minimum atomic E-state index is -4.14. The van der Waals surface area contributed by atoms with Gasteiger partial charge in [0.25, 0.3) is 0 Å². The fraction of sp³-hybridized carbons (Fsp3) is 0.533. The number of alkyl halides is 3. The van der Waals surface area contributed by atoms with Crippen LogP contribution < -0.4 is 4.74 Å². The number of fused-ring (bicyclic) bond motifs is 1. The highest BCUT2D eigenvalue weighted by atomic mass is 32.2. The van der Waals surface area contributed by atoms with Gasteiger partial charge in [-0.1, -0.05) is 0 Å². The molecule has 1 unspecified atom stereocenters. The van der Waals surface area contributed by atoms with E-state index in [1.165, 1.54) is 0 Å². The Morgan fingerprint density at radius 2 is 2.08 bits per heavy atom. The molecule has 1 aromatic carbocycles. The Hall–Kier alpha value is -1.79. The van der Waals surface area contributed by atoms with Gasteiger partial charge in [-0.25, -0.2) is 12.8 Å². The van der Waals surface area contributed by atoms with Gasteiger partial charge in [0, 0.05) is 23.3 Å². The van der Waals surface area contributed by atoms with Gasteiger partial charge in [0.1, 0.15) is 11.9 Å². The van der Waals surface area contributed by atoms with E-state index in [0.29, 0.717) is 6.42 Å². The molecule has 0 bridgehead atoms. The molecule has 1 fully saturated rings. The van der Waals surface area contributed by atoms with Crippen molar-refractivity contribution in [2.75, 3.05) is 12.9 Å². The van der Waals surface area contributed by atoms with Gasteiger partial charge in [0.15, 0.2) is 16.0 Å². The molecule has 1 aromatic rings. The number of nitrogens with zero attached hydrogens (tertiary/aromatic N) is 1. The number of sulfone groups is 1. The first-order valence-corrected chi connectivity index (χ1v) is 9.07. The van der Waals surface area contributed by atoms with Crippen molar-refractivity contribution in [3.63, 3.8) is 0 Å². The van der Waals surface area contributed by atoms with E-state index in [0.717, 1.165) is 18.4 Å². The van der Waals surface area contributed by atoms with Crippen LogP contribution in [0.5, 0.6) is 5.75 Å². The largest absolute Gasteiger partial charge is 0.493 e. The van der Waals surface area contributed by atoms with Crippen LogP contribution in [0.15, 0.2) is 17.0 Å². The molecule has 130 valence electrons. The zero-order valence-corrected chi connectivity index (χ0v) is 13.4. The van der Waals surface area contributed by atoms with Crippen molar-refractivity contribution in [3.05, 3.63) is 23.3 Å². The average Bonchev–Trinajstić information content (AvgIpc) is 3.24. The minimum Gasteiger partial charge on any atom is -0.493 e. The number of halogens is 3. The topological polar surface area (TPSA) is 87.4 Å². The van der Waals surface area contributed by atoms with E-state index < -0.39 is 44.1 Å². The van der Waals surface area contributed by atoms with Gasteiger partial charge in [0.2, 0.25) is 0 Å². The Bertz CT molecular complexity index is 834. The third-order valence-corrected chi connectivity index (χ3v) is 5.53. The third-order valence-electron chi connectivity index (χ3n) is 4.38. The van der Waals surface area contributed by atoms with Crippen molar-refractivity contribution >= 4 is 9.84 Å². The number of hydrogen-bond acceptors (Lipinski definition) is 5. The van der Waals surface area contributed by atoms with Gasteiger partial charge < -0.3 is 9.84 Å². The second-order valence-electron chi connectivity index (χ2n) is 6.14. The summed E-state index contributed by atoms with van der Waals surface area (Å²) < 4.78 is 70.9. The van der Waals surface area contributed by atoms with Crippen LogP contribution >= 0.6 is 0 Å². The number of aliphatic hydroxyl groups is 1. The molecule has 0 heterocycles. The Labute approximate surface area is 136 Å². The monoisotopic (exact) mass is 361 g/mol. The number of benzene rings is 1. The van der Waals surface area contributed by atoms with E-state index in [9.17, 15) is 26.7 Å². The second-order valence-corrected chi connectivity index (χ2v) is 8.13. The molecule has 0 aliphatic heterocycles. The SMILES string of the molecule is CS(=O)(=O)c1ccc(OC[C@@H]2CC2C#N)c2c1[C@H](O)C(F)(F)[C@@H]2F. The summed E-state index contributed by atoms with van der Waals surface area (Å²) >= 11 is 0. The highest BCUT2D eigenvalue weighted by molar-refractivity contribution is 7.90. The van der Waals surface area contributed by atoms with Crippen LogP contribution in [-0.4, -0.2) is 32.3 Å². The molecule has 4 atom stereocenters. The van der Waals surface area contributed by atoms with E-state index in [-0.39, 0.29) is 24.2 Å². The summed E-state index contributed by atoms with van der Waals surface area (Å²) in [5, 5.41) is 18.5. The fourth-order valence-electron chi connectivity index (χ4n) is 2.90. The summed E-state index contributed by atoms with van der Waals surface area (Å²) in [6.07, 6.45) is -4.03. The quantitative estimate of drug-likeness (QED) is 0.889. The minimum absolute atomic E-state index is 0.0390. The molecule has 0 spiro atoms. The summed E-state index contributed by atoms with van der Waals surface area (Å²) in [6.45, 7) is 0.0390. The van der Waals surface area contributed by atoms with E-state index in [1.54, 1.807) is 0 Å². The van der Waals surface area contributed by atoms with Crippen LogP contribution in [0.4, 0.5) is 13.2 Å². The molecule has 1 saturated carbocycles. The lowest BCUT2D eigenvalue weighted by Crippen LogP contribution is -2.24. The molecular weight excluding hydrogens is 347 g/mol. The number of aliphatic hydroxyl groups excluding tert-OH is 1. The zero-order chi connectivity index (χ0) is 17.9. The predicted molar refractivity (Wildman–Crippen MR) is 76.0 cm³/mol. The Morgan fingerprint density at radius 3 is 2.62 bits per heavy atom. The summed E-state index contributed by atoms with van der Waals surface area (Å²) in [5.41, 5.74) is -1.29. The molecule has 2 aliphatic rings. The summed E-state index contributed by atoms with van der Waals surface area (Å²) in [7, 11) is -3.94. The molecule has 3 rings (SSSR count). The van der Waals surface area contributed by atoms with Gasteiger partial charge in [-0.3, -0.25) is 0 Å². The van der Waals surface area contributed by atoms with Gasteiger partial charge >= 0.3 is 5.92 Å². The van der Waals surface area contributed by atoms with Crippen molar-refractivity contribution < 1.29 is 31.4 Å². The number of ether oxygens (including phenoxy) is 1. The van der Waals surface area contributed by atoms with Gasteiger partial charge in [-0.2, -0.15) is 14.0 Å². The van der Waals surface area contributed by atoms with Crippen molar-refractivity contribution in [2.24, 2.45) is 11.8 Å². The maximum Gasteiger partial charge on any atom is 0.312 e. The van der Waals surface area contributed by atoms with Crippen molar-refractivity contribution in [1.82, 2.24) is 0 Å². The highest BCUT2D eigenvalue weighted by Crippen LogP contribution is 2.57. The van der Waals surface area contributed by atoms with Crippen LogP contribution in [0.1, 0.15) is 29.8 Å². The number of nitriles is 1. The van der Waals surface area contributed by atoms with Crippen molar-refractivity contribution in [3.8, 4) is 11.8 Å². The molecule has 0 amide bonds. The molecule has 0 saturated heterocycles. The van der Waals surface area contributed by atoms with E-state index in [4.69, 9.17) is 10.00 Å². The molecule has 5 nitrogen and oxygen atoms in total. The fourth-order valence-corrected chi connectivity index (χ4v) is 3.84. The zero-order valence-electron chi connectivity index (χ0n) is 12.5. The molecule has 24 heavy (non-hydrogen) atoms. The van der Waals surface area contributed by atoms with Crippen LogP contribution in [0.3, 0.4) is 0 Å². The standard InChI is InChI=1S/C15H14F3NO4S/c1-24(21,22)10-3-2-9(23-6-8-4-7(8)5-19)11-12(10)14(20)15(17,18)13(11)16/h2-3,7-8,13-14,20H,4,6H2,1H3/t7?,8-,13+,14-/m0/s1. The lowest BCUT2D eigenvalue weighted by atomic mass is 10.1. The van der Waals surface area contributed by atoms with Crippen LogP contribution in [0, 0.1) is 23.2 Å². The van der Waals surface area contributed by atoms with E-state index >= 15 is 0 Å². The first-order valence-electron chi connectivity index (χ1n) is 7.18. The Balaban J connectivity index is 2.03. The molecule has 2 aliphatic carbocycles. The highest BCUT2D eigenvalue weighted by Gasteiger charge is 2.59. The molecule has 0 radical (unpaired) electrons. The summed E-state index contributed by atoms with van der Waals surface area (Å²) in [6, 6.07) is 4.18. The molecule has 0 aromatic heterocycles. The first kappa shape index (κ1) is 17.0. The molecule has 1 N–H and O–H groups in total. The van der Waals surface area contributed by atoms with E-state index in [1.807, 2.05) is 6.07 Å². The lowest BCUT2D eigenvalue weighted by Gasteiger charge is -2.16. The normalized spacial score (nSPS) is 30.5.